The third kappa shape index (κ3) is 4.60. The smallest absolute Gasteiger partial charge is 0.234 e. The number of carbonyl (C=O) groups excluding carboxylic acids is 2. The van der Waals surface area contributed by atoms with Gasteiger partial charge in [-0.2, -0.15) is 5.10 Å². The van der Waals surface area contributed by atoms with Gasteiger partial charge in [0.15, 0.2) is 0 Å². The number of aryl methyl sites for hydroxylation is 1. The maximum Gasteiger partial charge on any atom is 0.234 e. The molecule has 0 bridgehead atoms. The van der Waals surface area contributed by atoms with E-state index in [-0.39, 0.29) is 23.8 Å². The monoisotopic (exact) mass is 347 g/mol. The molecule has 138 valence electrons. The summed E-state index contributed by atoms with van der Waals surface area (Å²) in [5, 5.41) is 13.2. The highest BCUT2D eigenvalue weighted by Gasteiger charge is 2.30. The molecule has 1 saturated heterocycles. The van der Waals surface area contributed by atoms with Crippen LogP contribution in [-0.2, 0) is 16.0 Å². The van der Waals surface area contributed by atoms with Crippen molar-refractivity contribution in [3.8, 4) is 0 Å². The van der Waals surface area contributed by atoms with Gasteiger partial charge in [0.05, 0.1) is 24.4 Å². The van der Waals surface area contributed by atoms with Crippen LogP contribution in [0.15, 0.2) is 6.20 Å². The third-order valence-corrected chi connectivity index (χ3v) is 5.23. The van der Waals surface area contributed by atoms with Crippen molar-refractivity contribution in [1.29, 1.82) is 0 Å². The number of rotatable bonds is 6. The van der Waals surface area contributed by atoms with Crippen LogP contribution in [0.2, 0.25) is 0 Å². The number of nitrogens with zero attached hydrogens (tertiary/aromatic N) is 2. The summed E-state index contributed by atoms with van der Waals surface area (Å²) in [6.07, 6.45) is 7.53. The number of likely N-dealkylation sites (tertiary alicyclic amines) is 1. The minimum Gasteiger partial charge on any atom is -0.355 e. The molecular formula is C18H29N5O2. The van der Waals surface area contributed by atoms with Gasteiger partial charge in [0, 0.05) is 25.7 Å². The van der Waals surface area contributed by atoms with E-state index in [1.54, 1.807) is 0 Å². The second kappa shape index (κ2) is 8.47. The SMILES string of the molecule is CCCNC(=O)CN1CCC(NC(=O)C2CCCc3cn[nH]c32)CC1. The van der Waals surface area contributed by atoms with Gasteiger partial charge in [0.25, 0.3) is 0 Å². The molecule has 7 heteroatoms. The summed E-state index contributed by atoms with van der Waals surface area (Å²) in [5.74, 6) is 0.117. The van der Waals surface area contributed by atoms with Crippen molar-refractivity contribution in [2.45, 2.75) is 57.4 Å². The van der Waals surface area contributed by atoms with Crippen LogP contribution < -0.4 is 10.6 Å². The zero-order valence-corrected chi connectivity index (χ0v) is 15.0. The van der Waals surface area contributed by atoms with E-state index in [4.69, 9.17) is 0 Å². The zero-order chi connectivity index (χ0) is 17.6. The number of carbonyl (C=O) groups is 2. The fraction of sp³-hybridized carbons (Fsp3) is 0.722. The Hall–Kier alpha value is -1.89. The summed E-state index contributed by atoms with van der Waals surface area (Å²) in [7, 11) is 0. The van der Waals surface area contributed by atoms with Crippen molar-refractivity contribution in [3.05, 3.63) is 17.5 Å². The Morgan fingerprint density at radius 1 is 1.32 bits per heavy atom. The quantitative estimate of drug-likeness (QED) is 0.714. The minimum absolute atomic E-state index is 0.0934. The number of fused-ring (bicyclic) bond motifs is 1. The Balaban J connectivity index is 1.44. The largest absolute Gasteiger partial charge is 0.355 e. The Bertz CT molecular complexity index is 592. The molecule has 1 aliphatic carbocycles. The fourth-order valence-electron chi connectivity index (χ4n) is 3.79. The second-order valence-corrected chi connectivity index (χ2v) is 7.16. The van der Waals surface area contributed by atoms with Crippen LogP contribution in [0, 0.1) is 0 Å². The first-order chi connectivity index (χ1) is 12.2. The minimum atomic E-state index is -0.0934. The second-order valence-electron chi connectivity index (χ2n) is 7.16. The van der Waals surface area contributed by atoms with Gasteiger partial charge in [0.1, 0.15) is 0 Å². The van der Waals surface area contributed by atoms with E-state index in [2.05, 4.69) is 25.7 Å². The Morgan fingerprint density at radius 2 is 2.12 bits per heavy atom. The van der Waals surface area contributed by atoms with Crippen molar-refractivity contribution < 1.29 is 9.59 Å². The van der Waals surface area contributed by atoms with Crippen molar-refractivity contribution in [1.82, 2.24) is 25.7 Å². The van der Waals surface area contributed by atoms with E-state index in [0.717, 1.165) is 63.9 Å². The average Bonchev–Trinajstić information content (AvgIpc) is 3.10. The Labute approximate surface area is 148 Å². The van der Waals surface area contributed by atoms with E-state index in [1.165, 1.54) is 5.56 Å². The van der Waals surface area contributed by atoms with Crippen LogP contribution in [0.5, 0.6) is 0 Å². The predicted octanol–water partition coefficient (Wildman–Crippen LogP) is 0.936. The molecule has 1 aromatic heterocycles. The number of amides is 2. The summed E-state index contributed by atoms with van der Waals surface area (Å²) in [4.78, 5) is 26.6. The molecule has 7 nitrogen and oxygen atoms in total. The molecule has 0 radical (unpaired) electrons. The summed E-state index contributed by atoms with van der Waals surface area (Å²) in [6, 6.07) is 0.204. The molecule has 1 fully saturated rings. The van der Waals surface area contributed by atoms with Crippen LogP contribution >= 0.6 is 0 Å². The number of hydrogen-bond donors (Lipinski definition) is 3. The van der Waals surface area contributed by atoms with Gasteiger partial charge in [-0.1, -0.05) is 6.92 Å². The number of hydrogen-bond acceptors (Lipinski definition) is 4. The molecule has 0 saturated carbocycles. The highest BCUT2D eigenvalue weighted by molar-refractivity contribution is 5.84. The Morgan fingerprint density at radius 3 is 2.88 bits per heavy atom. The lowest BCUT2D eigenvalue weighted by atomic mass is 9.87. The molecule has 0 aromatic carbocycles. The first kappa shape index (κ1) is 17.9. The van der Waals surface area contributed by atoms with E-state index in [1.807, 2.05) is 13.1 Å². The first-order valence-corrected chi connectivity index (χ1v) is 9.49. The average molecular weight is 347 g/mol. The lowest BCUT2D eigenvalue weighted by Crippen LogP contribution is -2.48. The first-order valence-electron chi connectivity index (χ1n) is 9.49. The predicted molar refractivity (Wildman–Crippen MR) is 95.2 cm³/mol. The molecule has 25 heavy (non-hydrogen) atoms. The fourth-order valence-corrected chi connectivity index (χ4v) is 3.79. The van der Waals surface area contributed by atoms with E-state index in [0.29, 0.717) is 6.54 Å². The molecular weight excluding hydrogens is 318 g/mol. The van der Waals surface area contributed by atoms with Crippen LogP contribution in [-0.4, -0.2) is 59.1 Å². The summed E-state index contributed by atoms with van der Waals surface area (Å²) < 4.78 is 0. The standard InChI is InChI=1S/C18H29N5O2/c1-2-8-19-16(24)12-23-9-6-14(7-10-23)21-18(25)15-5-3-4-13-11-20-22-17(13)15/h11,14-15H,2-10,12H2,1H3,(H,19,24)(H,20,22)(H,21,25). The number of nitrogens with one attached hydrogen (secondary N) is 3. The number of piperidine rings is 1. The van der Waals surface area contributed by atoms with Gasteiger partial charge in [-0.25, -0.2) is 0 Å². The van der Waals surface area contributed by atoms with Crippen LogP contribution in [0.25, 0.3) is 0 Å². The summed E-state index contributed by atoms with van der Waals surface area (Å²) in [6.45, 7) is 4.95. The third-order valence-electron chi connectivity index (χ3n) is 5.23. The molecule has 3 N–H and O–H groups in total. The normalized spacial score (nSPS) is 21.6. The summed E-state index contributed by atoms with van der Waals surface area (Å²) >= 11 is 0. The maximum atomic E-state index is 12.7. The number of aromatic amines is 1. The molecule has 1 aliphatic heterocycles. The number of aromatic nitrogens is 2. The molecule has 2 amide bonds. The van der Waals surface area contributed by atoms with Gasteiger partial charge in [-0.3, -0.25) is 19.6 Å². The summed E-state index contributed by atoms with van der Waals surface area (Å²) in [5.41, 5.74) is 2.17. The molecule has 2 aliphatic rings. The molecule has 2 heterocycles. The molecule has 1 atom stereocenters. The van der Waals surface area contributed by atoms with Gasteiger partial charge in [-0.05, 0) is 44.1 Å². The number of H-pyrrole nitrogens is 1. The van der Waals surface area contributed by atoms with Crippen LogP contribution in [0.4, 0.5) is 0 Å². The van der Waals surface area contributed by atoms with Crippen molar-refractivity contribution >= 4 is 11.8 Å². The van der Waals surface area contributed by atoms with E-state index < -0.39 is 0 Å². The van der Waals surface area contributed by atoms with Crippen molar-refractivity contribution in [3.63, 3.8) is 0 Å². The highest BCUT2D eigenvalue weighted by atomic mass is 16.2. The zero-order valence-electron chi connectivity index (χ0n) is 15.0. The molecule has 0 spiro atoms. The maximum absolute atomic E-state index is 12.7. The van der Waals surface area contributed by atoms with Gasteiger partial charge >= 0.3 is 0 Å². The van der Waals surface area contributed by atoms with Gasteiger partial charge in [0.2, 0.25) is 11.8 Å². The van der Waals surface area contributed by atoms with Crippen LogP contribution in [0.1, 0.15) is 56.2 Å². The molecule has 1 unspecified atom stereocenters. The van der Waals surface area contributed by atoms with E-state index >= 15 is 0 Å². The van der Waals surface area contributed by atoms with E-state index in [9.17, 15) is 9.59 Å². The van der Waals surface area contributed by atoms with Crippen LogP contribution in [0.3, 0.4) is 0 Å². The van der Waals surface area contributed by atoms with Crippen molar-refractivity contribution in [2.24, 2.45) is 0 Å². The molecule has 1 aromatic rings. The highest BCUT2D eigenvalue weighted by Crippen LogP contribution is 2.30. The van der Waals surface area contributed by atoms with Crippen molar-refractivity contribution in [2.75, 3.05) is 26.2 Å². The lowest BCUT2D eigenvalue weighted by Gasteiger charge is -2.33. The molecule has 3 rings (SSSR count). The van der Waals surface area contributed by atoms with Gasteiger partial charge < -0.3 is 10.6 Å². The topological polar surface area (TPSA) is 90.1 Å². The lowest BCUT2D eigenvalue weighted by molar-refractivity contribution is -0.125. The van der Waals surface area contributed by atoms with Gasteiger partial charge in [-0.15, -0.1) is 0 Å². The Kier molecular flexibility index (Phi) is 6.07.